The summed E-state index contributed by atoms with van der Waals surface area (Å²) in [6.07, 6.45) is 8.44. The molecule has 0 spiro atoms. The lowest BCUT2D eigenvalue weighted by Gasteiger charge is -2.34. The third-order valence-electron chi connectivity index (χ3n) is 6.25. The van der Waals surface area contributed by atoms with Gasteiger partial charge in [-0.3, -0.25) is 14.5 Å². The van der Waals surface area contributed by atoms with E-state index in [1.54, 1.807) is 0 Å². The van der Waals surface area contributed by atoms with Gasteiger partial charge < -0.3 is 10.2 Å². The zero-order valence-electron chi connectivity index (χ0n) is 16.0. The van der Waals surface area contributed by atoms with Gasteiger partial charge in [-0.15, -0.1) is 0 Å². The first-order chi connectivity index (χ1) is 12.5. The molecule has 3 rings (SSSR count). The number of likely N-dealkylation sites (tertiary alicyclic amines) is 2. The maximum absolute atomic E-state index is 12.7. The molecule has 1 saturated carbocycles. The fourth-order valence-electron chi connectivity index (χ4n) is 4.30. The summed E-state index contributed by atoms with van der Waals surface area (Å²) in [5.41, 5.74) is -0.724. The number of amides is 2. The summed E-state index contributed by atoms with van der Waals surface area (Å²) in [4.78, 5) is 29.3. The number of rotatable bonds is 5. The Hall–Kier alpha value is -1.61. The molecule has 2 saturated heterocycles. The fourth-order valence-corrected chi connectivity index (χ4v) is 4.30. The van der Waals surface area contributed by atoms with E-state index in [1.165, 1.54) is 12.8 Å². The highest BCUT2D eigenvalue weighted by Gasteiger charge is 2.43. The lowest BCUT2D eigenvalue weighted by molar-refractivity contribution is -0.137. The van der Waals surface area contributed by atoms with E-state index in [1.807, 2.05) is 6.92 Å². The van der Waals surface area contributed by atoms with Crippen molar-refractivity contribution in [3.05, 3.63) is 0 Å². The average molecular weight is 361 g/mol. The van der Waals surface area contributed by atoms with Crippen LogP contribution in [-0.2, 0) is 9.59 Å². The second-order valence-electron chi connectivity index (χ2n) is 8.43. The van der Waals surface area contributed by atoms with Crippen molar-refractivity contribution in [2.24, 2.45) is 11.8 Å². The zero-order valence-corrected chi connectivity index (χ0v) is 16.0. The highest BCUT2D eigenvalue weighted by atomic mass is 16.2. The summed E-state index contributed by atoms with van der Waals surface area (Å²) in [5, 5.41) is 12.3. The van der Waals surface area contributed by atoms with Crippen molar-refractivity contribution in [2.75, 3.05) is 32.7 Å². The van der Waals surface area contributed by atoms with Gasteiger partial charge in [-0.2, -0.15) is 5.26 Å². The van der Waals surface area contributed by atoms with Gasteiger partial charge in [-0.05, 0) is 64.5 Å². The second kappa shape index (κ2) is 8.39. The molecule has 6 heteroatoms. The largest absolute Gasteiger partial charge is 0.342 e. The predicted molar refractivity (Wildman–Crippen MR) is 99.1 cm³/mol. The summed E-state index contributed by atoms with van der Waals surface area (Å²) in [6, 6.07) is 2.27. The maximum atomic E-state index is 12.7. The lowest BCUT2D eigenvalue weighted by atomic mass is 9.95. The number of carbonyl (C=O) groups is 2. The van der Waals surface area contributed by atoms with Crippen LogP contribution in [0.2, 0.25) is 0 Å². The number of nitriles is 1. The number of carbonyl (C=O) groups excluding carboxylic acids is 2. The molecule has 144 valence electrons. The van der Waals surface area contributed by atoms with Gasteiger partial charge in [-0.25, -0.2) is 0 Å². The Labute approximate surface area is 156 Å². The van der Waals surface area contributed by atoms with Crippen LogP contribution in [0.1, 0.15) is 58.3 Å². The summed E-state index contributed by atoms with van der Waals surface area (Å²) < 4.78 is 0. The van der Waals surface area contributed by atoms with Gasteiger partial charge >= 0.3 is 0 Å². The highest BCUT2D eigenvalue weighted by molar-refractivity contribution is 5.80. The zero-order chi connectivity index (χ0) is 18.6. The molecule has 2 heterocycles. The summed E-state index contributed by atoms with van der Waals surface area (Å²) >= 11 is 0. The van der Waals surface area contributed by atoms with Crippen molar-refractivity contribution < 1.29 is 9.59 Å². The molecule has 3 fully saturated rings. The minimum absolute atomic E-state index is 0.0711. The second-order valence-corrected chi connectivity index (χ2v) is 8.43. The van der Waals surface area contributed by atoms with Crippen LogP contribution in [0.25, 0.3) is 0 Å². The molecule has 0 radical (unpaired) electrons. The monoisotopic (exact) mass is 360 g/mol. The molecule has 2 aliphatic heterocycles. The van der Waals surface area contributed by atoms with Gasteiger partial charge in [0.2, 0.25) is 11.8 Å². The molecular formula is C20H32N4O2. The van der Waals surface area contributed by atoms with E-state index in [4.69, 9.17) is 0 Å². The van der Waals surface area contributed by atoms with E-state index in [-0.39, 0.29) is 11.8 Å². The Morgan fingerprint density at radius 3 is 2.19 bits per heavy atom. The molecule has 1 aliphatic carbocycles. The van der Waals surface area contributed by atoms with E-state index >= 15 is 0 Å². The molecule has 26 heavy (non-hydrogen) atoms. The minimum Gasteiger partial charge on any atom is -0.342 e. The number of hydrogen-bond acceptors (Lipinski definition) is 4. The molecule has 1 N–H and O–H groups in total. The Bertz CT molecular complexity index is 553. The lowest BCUT2D eigenvalue weighted by Crippen LogP contribution is -2.51. The molecule has 2 amide bonds. The predicted octanol–water partition coefficient (Wildman–Crippen LogP) is 1.91. The van der Waals surface area contributed by atoms with Crippen LogP contribution in [0.5, 0.6) is 0 Å². The summed E-state index contributed by atoms with van der Waals surface area (Å²) in [6.45, 7) is 5.54. The molecular weight excluding hydrogens is 328 g/mol. The number of hydrogen-bond donors (Lipinski definition) is 1. The Morgan fingerprint density at radius 1 is 1.04 bits per heavy atom. The van der Waals surface area contributed by atoms with Crippen LogP contribution in [-0.4, -0.2) is 59.9 Å². The van der Waals surface area contributed by atoms with E-state index in [9.17, 15) is 14.9 Å². The highest BCUT2D eigenvalue weighted by Crippen LogP contribution is 2.39. The van der Waals surface area contributed by atoms with E-state index in [2.05, 4.69) is 21.2 Å². The van der Waals surface area contributed by atoms with Crippen LogP contribution >= 0.6 is 0 Å². The quantitative estimate of drug-likeness (QED) is 0.812. The first kappa shape index (κ1) is 19.2. The van der Waals surface area contributed by atoms with Gasteiger partial charge in [0, 0.05) is 19.0 Å². The average Bonchev–Trinajstić information content (AvgIpc) is 3.48. The number of nitrogens with one attached hydrogen (secondary N) is 1. The topological polar surface area (TPSA) is 76.4 Å². The van der Waals surface area contributed by atoms with E-state index < -0.39 is 5.54 Å². The standard InChI is InChI=1S/C20H32N4O2/c1-20(15-21,17-6-7-17)22-18(25)14-23-12-8-16(9-13-23)19(26)24-10-4-2-3-5-11-24/h16-17H,2-14H2,1H3,(H,22,25). The Morgan fingerprint density at radius 2 is 1.65 bits per heavy atom. The molecule has 1 atom stereocenters. The van der Waals surface area contributed by atoms with Crippen LogP contribution in [0, 0.1) is 23.2 Å². The first-order valence-corrected chi connectivity index (χ1v) is 10.3. The third-order valence-corrected chi connectivity index (χ3v) is 6.25. The van der Waals surface area contributed by atoms with E-state index in [0.717, 1.165) is 64.7 Å². The Balaban J connectivity index is 1.42. The minimum atomic E-state index is -0.724. The fraction of sp³-hybridized carbons (Fsp3) is 0.850. The number of piperidine rings is 1. The van der Waals surface area contributed by atoms with Crippen LogP contribution in [0.15, 0.2) is 0 Å². The van der Waals surface area contributed by atoms with Crippen molar-refractivity contribution in [3.8, 4) is 6.07 Å². The van der Waals surface area contributed by atoms with Gasteiger partial charge in [0.1, 0.15) is 5.54 Å². The molecule has 0 bridgehead atoms. The SMILES string of the molecule is CC(C#N)(NC(=O)CN1CCC(C(=O)N2CCCCCC2)CC1)C1CC1. The first-order valence-electron chi connectivity index (χ1n) is 10.3. The van der Waals surface area contributed by atoms with E-state index in [0.29, 0.717) is 18.4 Å². The van der Waals surface area contributed by atoms with Crippen molar-refractivity contribution >= 4 is 11.8 Å². The Kier molecular flexibility index (Phi) is 6.18. The molecule has 6 nitrogen and oxygen atoms in total. The van der Waals surface area contributed by atoms with Crippen LogP contribution < -0.4 is 5.32 Å². The van der Waals surface area contributed by atoms with Gasteiger partial charge in [0.05, 0.1) is 12.6 Å². The summed E-state index contributed by atoms with van der Waals surface area (Å²) in [5.74, 6) is 0.664. The van der Waals surface area contributed by atoms with Crippen molar-refractivity contribution in [1.29, 1.82) is 5.26 Å². The number of nitrogens with zero attached hydrogens (tertiary/aromatic N) is 3. The summed E-state index contributed by atoms with van der Waals surface area (Å²) in [7, 11) is 0. The molecule has 3 aliphatic rings. The van der Waals surface area contributed by atoms with Crippen LogP contribution in [0.3, 0.4) is 0 Å². The molecule has 1 unspecified atom stereocenters. The molecule has 0 aromatic carbocycles. The maximum Gasteiger partial charge on any atom is 0.235 e. The normalized spacial score (nSPS) is 25.0. The van der Waals surface area contributed by atoms with Gasteiger partial charge in [0.15, 0.2) is 0 Å². The van der Waals surface area contributed by atoms with Gasteiger partial charge in [0.25, 0.3) is 0 Å². The van der Waals surface area contributed by atoms with Crippen molar-refractivity contribution in [2.45, 2.75) is 63.8 Å². The third kappa shape index (κ3) is 4.76. The molecule has 0 aromatic rings. The van der Waals surface area contributed by atoms with Gasteiger partial charge in [-0.1, -0.05) is 12.8 Å². The smallest absolute Gasteiger partial charge is 0.235 e. The van der Waals surface area contributed by atoms with Crippen molar-refractivity contribution in [3.63, 3.8) is 0 Å². The van der Waals surface area contributed by atoms with Crippen LogP contribution in [0.4, 0.5) is 0 Å². The molecule has 0 aromatic heterocycles. The van der Waals surface area contributed by atoms with Crippen molar-refractivity contribution in [1.82, 2.24) is 15.1 Å².